The molecule has 2 N–H and O–H groups in total. The summed E-state index contributed by atoms with van der Waals surface area (Å²) in [7, 11) is 1.22. The predicted octanol–water partition coefficient (Wildman–Crippen LogP) is 1.96. The van der Waals surface area contributed by atoms with Gasteiger partial charge in [0.2, 0.25) is 0 Å². The van der Waals surface area contributed by atoms with Gasteiger partial charge in [-0.05, 0) is 27.6 Å². The van der Waals surface area contributed by atoms with Crippen molar-refractivity contribution in [2.24, 2.45) is 5.73 Å². The molecule has 94 valence electrons. The van der Waals surface area contributed by atoms with E-state index in [2.05, 4.69) is 25.7 Å². The quantitative estimate of drug-likeness (QED) is 0.682. The number of rotatable bonds is 4. The van der Waals surface area contributed by atoms with E-state index in [9.17, 15) is 13.6 Å². The largest absolute Gasteiger partial charge is 0.469 e. The third-order valence-corrected chi connectivity index (χ3v) is 2.60. The molecule has 0 amide bonds. The zero-order valence-corrected chi connectivity index (χ0v) is 10.6. The van der Waals surface area contributed by atoms with Crippen LogP contribution in [0.25, 0.3) is 0 Å². The molecule has 0 bridgehead atoms. The molecular weight excluding hydrogens is 298 g/mol. The summed E-state index contributed by atoms with van der Waals surface area (Å²) in [5.41, 5.74) is 5.60. The fourth-order valence-corrected chi connectivity index (χ4v) is 1.86. The van der Waals surface area contributed by atoms with Gasteiger partial charge in [0.1, 0.15) is 4.60 Å². The Kier molecular flexibility index (Phi) is 4.95. The second kappa shape index (κ2) is 6.02. The van der Waals surface area contributed by atoms with Gasteiger partial charge < -0.3 is 10.5 Å². The summed E-state index contributed by atoms with van der Waals surface area (Å²) in [6.45, 7) is -0.105. The lowest BCUT2D eigenvalue weighted by atomic mass is 10.0. The van der Waals surface area contributed by atoms with Gasteiger partial charge in [-0.1, -0.05) is 0 Å². The second-order valence-corrected chi connectivity index (χ2v) is 4.03. The smallest absolute Gasteiger partial charge is 0.311 e. The summed E-state index contributed by atoms with van der Waals surface area (Å²) in [4.78, 5) is 15.1. The van der Waals surface area contributed by atoms with Crippen molar-refractivity contribution in [3.05, 3.63) is 27.5 Å². The highest BCUT2D eigenvalue weighted by Crippen LogP contribution is 2.27. The van der Waals surface area contributed by atoms with Crippen LogP contribution in [-0.4, -0.2) is 18.1 Å². The van der Waals surface area contributed by atoms with E-state index < -0.39 is 12.4 Å². The van der Waals surface area contributed by atoms with Gasteiger partial charge in [0.25, 0.3) is 6.43 Å². The first-order chi connectivity index (χ1) is 7.99. The van der Waals surface area contributed by atoms with E-state index in [-0.39, 0.29) is 34.4 Å². The summed E-state index contributed by atoms with van der Waals surface area (Å²) in [6.07, 6.45) is -2.84. The van der Waals surface area contributed by atoms with Gasteiger partial charge >= 0.3 is 5.97 Å². The molecule has 0 aliphatic carbocycles. The third kappa shape index (κ3) is 3.44. The van der Waals surface area contributed by atoms with Gasteiger partial charge in [-0.15, -0.1) is 0 Å². The number of pyridine rings is 1. The highest BCUT2D eigenvalue weighted by molar-refractivity contribution is 9.10. The molecule has 1 aromatic rings. The number of halogens is 3. The van der Waals surface area contributed by atoms with Crippen molar-refractivity contribution in [2.75, 3.05) is 7.11 Å². The molecule has 0 aliphatic heterocycles. The normalized spacial score (nSPS) is 10.7. The first kappa shape index (κ1) is 14.0. The average molecular weight is 309 g/mol. The maximum absolute atomic E-state index is 12.8. The molecule has 7 heteroatoms. The number of alkyl halides is 2. The maximum atomic E-state index is 12.8. The number of hydrogen-bond acceptors (Lipinski definition) is 4. The molecular formula is C10H11BrF2N2O2. The zero-order chi connectivity index (χ0) is 13.0. The molecule has 17 heavy (non-hydrogen) atoms. The average Bonchev–Trinajstić information content (AvgIpc) is 2.28. The van der Waals surface area contributed by atoms with Crippen molar-refractivity contribution < 1.29 is 18.3 Å². The predicted molar refractivity (Wildman–Crippen MR) is 60.5 cm³/mol. The fourth-order valence-electron chi connectivity index (χ4n) is 1.40. The molecule has 1 heterocycles. The minimum absolute atomic E-state index is 0.105. The van der Waals surface area contributed by atoms with Crippen molar-refractivity contribution in [1.29, 1.82) is 0 Å². The molecule has 0 spiro atoms. The highest BCUT2D eigenvalue weighted by atomic mass is 79.9. The fraction of sp³-hybridized carbons (Fsp3) is 0.400. The Bertz CT molecular complexity index is 427. The van der Waals surface area contributed by atoms with Crippen molar-refractivity contribution in [1.82, 2.24) is 4.98 Å². The maximum Gasteiger partial charge on any atom is 0.311 e. The Balaban J connectivity index is 3.23. The van der Waals surface area contributed by atoms with E-state index in [1.165, 1.54) is 13.2 Å². The van der Waals surface area contributed by atoms with Crippen LogP contribution in [0.3, 0.4) is 0 Å². The van der Waals surface area contributed by atoms with Crippen LogP contribution >= 0.6 is 15.9 Å². The van der Waals surface area contributed by atoms with Gasteiger partial charge in [0, 0.05) is 12.1 Å². The van der Waals surface area contributed by atoms with E-state index in [4.69, 9.17) is 5.73 Å². The number of nitrogens with two attached hydrogens (primary N) is 1. The van der Waals surface area contributed by atoms with Crippen LogP contribution in [0, 0.1) is 0 Å². The Morgan fingerprint density at radius 2 is 2.29 bits per heavy atom. The van der Waals surface area contributed by atoms with E-state index in [1.54, 1.807) is 0 Å². The van der Waals surface area contributed by atoms with Crippen LogP contribution in [0.15, 0.2) is 10.7 Å². The second-order valence-electron chi connectivity index (χ2n) is 3.22. The molecule has 0 aromatic carbocycles. The molecule has 1 aromatic heterocycles. The Morgan fingerprint density at radius 3 is 2.76 bits per heavy atom. The van der Waals surface area contributed by atoms with Crippen molar-refractivity contribution in [3.8, 4) is 0 Å². The summed E-state index contributed by atoms with van der Waals surface area (Å²) in [6, 6.07) is 1.20. The number of nitrogens with zero attached hydrogens (tertiary/aromatic N) is 1. The monoisotopic (exact) mass is 308 g/mol. The first-order valence-electron chi connectivity index (χ1n) is 4.72. The molecule has 0 unspecified atom stereocenters. The number of carbonyl (C=O) groups excluding carboxylic acids is 1. The van der Waals surface area contributed by atoms with Crippen LogP contribution in [0.4, 0.5) is 8.78 Å². The van der Waals surface area contributed by atoms with E-state index >= 15 is 0 Å². The van der Waals surface area contributed by atoms with Gasteiger partial charge in [-0.2, -0.15) is 0 Å². The summed E-state index contributed by atoms with van der Waals surface area (Å²) >= 11 is 3.02. The van der Waals surface area contributed by atoms with Gasteiger partial charge in [0.05, 0.1) is 19.2 Å². The lowest BCUT2D eigenvalue weighted by Crippen LogP contribution is -2.14. The number of carbonyl (C=O) groups is 1. The van der Waals surface area contributed by atoms with Crippen LogP contribution in [0.2, 0.25) is 0 Å². The number of aromatic nitrogens is 1. The number of methoxy groups -OCH3 is 1. The molecule has 1 rings (SSSR count). The molecule has 0 fully saturated rings. The highest BCUT2D eigenvalue weighted by Gasteiger charge is 2.19. The lowest BCUT2D eigenvalue weighted by molar-refractivity contribution is -0.139. The molecule has 0 radical (unpaired) electrons. The van der Waals surface area contributed by atoms with Crippen molar-refractivity contribution in [2.45, 2.75) is 19.4 Å². The third-order valence-electron chi connectivity index (χ3n) is 2.19. The Morgan fingerprint density at radius 1 is 1.65 bits per heavy atom. The van der Waals surface area contributed by atoms with Gasteiger partial charge in [0.15, 0.2) is 0 Å². The topological polar surface area (TPSA) is 65.2 Å². The van der Waals surface area contributed by atoms with Crippen molar-refractivity contribution >= 4 is 21.9 Å². The van der Waals surface area contributed by atoms with Crippen molar-refractivity contribution in [3.63, 3.8) is 0 Å². The first-order valence-corrected chi connectivity index (χ1v) is 5.52. The van der Waals surface area contributed by atoms with Crippen LogP contribution < -0.4 is 5.73 Å². The summed E-state index contributed by atoms with van der Waals surface area (Å²) in [5, 5.41) is 0. The van der Waals surface area contributed by atoms with Crippen LogP contribution in [0.5, 0.6) is 0 Å². The lowest BCUT2D eigenvalue weighted by Gasteiger charge is -2.12. The van der Waals surface area contributed by atoms with Gasteiger partial charge in [-0.3, -0.25) is 4.79 Å². The molecule has 4 nitrogen and oxygen atoms in total. The summed E-state index contributed by atoms with van der Waals surface area (Å²) < 4.78 is 30.3. The SMILES string of the molecule is COC(=O)Cc1nc(Br)cc(C(F)F)c1CN. The van der Waals surface area contributed by atoms with E-state index in [1.807, 2.05) is 0 Å². The Labute approximate surface area is 105 Å². The minimum Gasteiger partial charge on any atom is -0.469 e. The van der Waals surface area contributed by atoms with Crippen LogP contribution in [-0.2, 0) is 22.5 Å². The summed E-state index contributed by atoms with van der Waals surface area (Å²) in [5.74, 6) is -0.550. The van der Waals surface area contributed by atoms with E-state index in [0.717, 1.165) is 0 Å². The zero-order valence-electron chi connectivity index (χ0n) is 9.04. The van der Waals surface area contributed by atoms with Gasteiger partial charge in [-0.25, -0.2) is 13.8 Å². The number of hydrogen-bond donors (Lipinski definition) is 1. The minimum atomic E-state index is -2.66. The molecule has 0 atom stereocenters. The standard InChI is InChI=1S/C10H11BrF2N2O2/c1-17-9(16)3-7-6(4-14)5(10(12)13)2-8(11)15-7/h2,10H,3-4,14H2,1H3. The molecule has 0 saturated carbocycles. The van der Waals surface area contributed by atoms with Crippen LogP contribution in [0.1, 0.15) is 23.2 Å². The Hall–Kier alpha value is -1.08. The number of ether oxygens (including phenoxy) is 1. The molecule has 0 saturated heterocycles. The number of esters is 1. The van der Waals surface area contributed by atoms with E-state index in [0.29, 0.717) is 0 Å². The molecule has 0 aliphatic rings.